The summed E-state index contributed by atoms with van der Waals surface area (Å²) in [6.07, 6.45) is 0. The van der Waals surface area contributed by atoms with Gasteiger partial charge in [-0.15, -0.1) is 10.2 Å². The first-order chi connectivity index (χ1) is 16.0. The van der Waals surface area contributed by atoms with Crippen molar-refractivity contribution in [3.63, 3.8) is 0 Å². The van der Waals surface area contributed by atoms with E-state index >= 15 is 0 Å². The van der Waals surface area contributed by atoms with Crippen molar-refractivity contribution in [1.29, 1.82) is 0 Å². The number of nitrogens with zero attached hydrogens (tertiary/aromatic N) is 2. The molecule has 0 aliphatic heterocycles. The van der Waals surface area contributed by atoms with Crippen LogP contribution in [0.15, 0.2) is 52.9 Å². The summed E-state index contributed by atoms with van der Waals surface area (Å²) in [7, 11) is 3.18. The van der Waals surface area contributed by atoms with E-state index in [1.165, 1.54) is 23.1 Å². The normalized spacial score (nSPS) is 11.5. The summed E-state index contributed by atoms with van der Waals surface area (Å²) >= 11 is 2.71. The second kappa shape index (κ2) is 12.2. The van der Waals surface area contributed by atoms with E-state index in [-0.39, 0.29) is 17.1 Å². The fourth-order valence-electron chi connectivity index (χ4n) is 2.68. The highest BCUT2D eigenvalue weighted by Crippen LogP contribution is 2.29. The van der Waals surface area contributed by atoms with E-state index in [2.05, 4.69) is 26.1 Å². The lowest BCUT2D eigenvalue weighted by Gasteiger charge is -2.12. The van der Waals surface area contributed by atoms with Crippen LogP contribution in [0.1, 0.15) is 17.3 Å². The highest BCUT2D eigenvalue weighted by atomic mass is 32.2. The van der Waals surface area contributed by atoms with Crippen molar-refractivity contribution >= 4 is 51.4 Å². The van der Waals surface area contributed by atoms with E-state index in [1.807, 2.05) is 12.1 Å². The first-order valence-corrected chi connectivity index (χ1v) is 11.8. The van der Waals surface area contributed by atoms with Crippen LogP contribution in [0.5, 0.6) is 5.75 Å². The highest BCUT2D eigenvalue weighted by Gasteiger charge is 2.18. The number of nitrogens with one attached hydrogen (secondary N) is 3. The quantitative estimate of drug-likeness (QED) is 0.275. The zero-order valence-corrected chi connectivity index (χ0v) is 20.1. The Balaban J connectivity index is 1.52. The first kappa shape index (κ1) is 24.5. The number of hydrogen-bond donors (Lipinski definition) is 3. The zero-order valence-electron chi connectivity index (χ0n) is 18.5. The Morgan fingerprint density at radius 3 is 2.55 bits per heavy atom. The number of benzene rings is 2. The van der Waals surface area contributed by atoms with Crippen LogP contribution in [-0.4, -0.2) is 54.6 Å². The second-order valence-electron chi connectivity index (χ2n) is 6.77. The van der Waals surface area contributed by atoms with Gasteiger partial charge in [-0.3, -0.25) is 9.59 Å². The number of methoxy groups -OCH3 is 2. The largest absolute Gasteiger partial charge is 0.495 e. The number of aromatic nitrogens is 2. The molecule has 0 aliphatic rings. The van der Waals surface area contributed by atoms with Gasteiger partial charge in [-0.05, 0) is 43.3 Å². The second-order valence-corrected chi connectivity index (χ2v) is 9.34. The topological polar surface area (TPSA) is 114 Å². The molecule has 1 heterocycles. The van der Waals surface area contributed by atoms with Crippen LogP contribution < -0.4 is 20.7 Å². The number of para-hydroxylation sites is 2. The SMILES string of the molecule is COCCNc1nnc(SC(C)C(=O)Nc2ccc(C(=O)Nc3ccccc3OC)cc2)s1. The van der Waals surface area contributed by atoms with Crippen molar-refractivity contribution in [1.82, 2.24) is 10.2 Å². The molecular weight excluding hydrogens is 462 g/mol. The molecular formula is C22H25N5O4S2. The fraction of sp³-hybridized carbons (Fsp3) is 0.273. The third kappa shape index (κ3) is 7.17. The Bertz CT molecular complexity index is 1070. The molecule has 0 bridgehead atoms. The van der Waals surface area contributed by atoms with Gasteiger partial charge in [0.1, 0.15) is 5.75 Å². The molecule has 3 aromatic rings. The average Bonchev–Trinajstić information content (AvgIpc) is 3.27. The van der Waals surface area contributed by atoms with Gasteiger partial charge in [-0.25, -0.2) is 0 Å². The molecule has 0 fully saturated rings. The summed E-state index contributed by atoms with van der Waals surface area (Å²) in [4.78, 5) is 25.1. The van der Waals surface area contributed by atoms with Gasteiger partial charge in [0.25, 0.3) is 5.91 Å². The zero-order chi connectivity index (χ0) is 23.6. The van der Waals surface area contributed by atoms with Gasteiger partial charge < -0.3 is 25.4 Å². The van der Waals surface area contributed by atoms with Gasteiger partial charge in [0.15, 0.2) is 4.34 Å². The van der Waals surface area contributed by atoms with Crippen molar-refractivity contribution in [3.8, 4) is 5.75 Å². The van der Waals surface area contributed by atoms with Crippen LogP contribution in [0.25, 0.3) is 0 Å². The smallest absolute Gasteiger partial charge is 0.255 e. The number of amides is 2. The molecule has 0 radical (unpaired) electrons. The van der Waals surface area contributed by atoms with E-state index in [0.717, 1.165) is 0 Å². The van der Waals surface area contributed by atoms with Gasteiger partial charge in [-0.1, -0.05) is 35.2 Å². The molecule has 0 spiro atoms. The van der Waals surface area contributed by atoms with Gasteiger partial charge in [0, 0.05) is 24.9 Å². The maximum Gasteiger partial charge on any atom is 0.255 e. The summed E-state index contributed by atoms with van der Waals surface area (Å²) in [5.41, 5.74) is 1.64. The standard InChI is InChI=1S/C22H25N5O4S2/c1-14(32-22-27-26-21(33-22)23-12-13-30-2)19(28)24-16-10-8-15(9-11-16)20(29)25-17-6-4-5-7-18(17)31-3/h4-11,14H,12-13H2,1-3H3,(H,23,26)(H,24,28)(H,25,29). The van der Waals surface area contributed by atoms with Gasteiger partial charge in [0.2, 0.25) is 11.0 Å². The monoisotopic (exact) mass is 487 g/mol. The van der Waals surface area contributed by atoms with Crippen molar-refractivity contribution < 1.29 is 19.1 Å². The molecule has 9 nitrogen and oxygen atoms in total. The third-order valence-electron chi connectivity index (χ3n) is 4.41. The predicted molar refractivity (Wildman–Crippen MR) is 132 cm³/mol. The highest BCUT2D eigenvalue weighted by molar-refractivity contribution is 8.02. The number of thioether (sulfide) groups is 1. The minimum absolute atomic E-state index is 0.171. The molecule has 1 unspecified atom stereocenters. The van der Waals surface area contributed by atoms with E-state index in [9.17, 15) is 9.59 Å². The van der Waals surface area contributed by atoms with E-state index < -0.39 is 0 Å². The van der Waals surface area contributed by atoms with Crippen molar-refractivity contribution in [2.75, 3.05) is 43.3 Å². The molecule has 3 rings (SSSR count). The molecule has 1 atom stereocenters. The van der Waals surface area contributed by atoms with Crippen LogP contribution in [-0.2, 0) is 9.53 Å². The van der Waals surface area contributed by atoms with Crippen LogP contribution in [0.3, 0.4) is 0 Å². The third-order valence-corrected chi connectivity index (χ3v) is 6.47. The number of carbonyl (C=O) groups is 2. The molecule has 3 N–H and O–H groups in total. The van der Waals surface area contributed by atoms with Gasteiger partial charge in [-0.2, -0.15) is 0 Å². The minimum Gasteiger partial charge on any atom is -0.495 e. The van der Waals surface area contributed by atoms with E-state index in [1.54, 1.807) is 57.5 Å². The maximum absolute atomic E-state index is 12.6. The lowest BCUT2D eigenvalue weighted by molar-refractivity contribution is -0.115. The minimum atomic E-state index is -0.377. The number of anilines is 3. The molecule has 2 amide bonds. The maximum atomic E-state index is 12.6. The summed E-state index contributed by atoms with van der Waals surface area (Å²) in [6, 6.07) is 13.9. The van der Waals surface area contributed by atoms with E-state index in [0.29, 0.717) is 45.3 Å². The lowest BCUT2D eigenvalue weighted by Crippen LogP contribution is -2.22. The molecule has 0 saturated heterocycles. The molecule has 0 aliphatic carbocycles. The summed E-state index contributed by atoms with van der Waals surface area (Å²) < 4.78 is 10.9. The average molecular weight is 488 g/mol. The summed E-state index contributed by atoms with van der Waals surface area (Å²) in [5.74, 6) is 0.136. The molecule has 0 saturated carbocycles. The van der Waals surface area contributed by atoms with Gasteiger partial charge >= 0.3 is 0 Å². The molecule has 1 aromatic heterocycles. The number of carbonyl (C=O) groups excluding carboxylic acids is 2. The number of rotatable bonds is 11. The Kier molecular flexibility index (Phi) is 9.04. The summed E-state index contributed by atoms with van der Waals surface area (Å²) in [6.45, 7) is 3.01. The van der Waals surface area contributed by atoms with Crippen molar-refractivity contribution in [3.05, 3.63) is 54.1 Å². The van der Waals surface area contributed by atoms with Crippen molar-refractivity contribution in [2.45, 2.75) is 16.5 Å². The van der Waals surface area contributed by atoms with Crippen LogP contribution in [0.2, 0.25) is 0 Å². The number of ether oxygens (including phenoxy) is 2. The first-order valence-electron chi connectivity index (χ1n) is 10.1. The summed E-state index contributed by atoms with van der Waals surface area (Å²) in [5, 5.41) is 17.3. The fourth-order valence-corrected chi connectivity index (χ4v) is 4.61. The molecule has 2 aromatic carbocycles. The Morgan fingerprint density at radius 2 is 1.82 bits per heavy atom. The Labute approximate surface area is 200 Å². The molecule has 11 heteroatoms. The predicted octanol–water partition coefficient (Wildman–Crippen LogP) is 3.98. The molecule has 33 heavy (non-hydrogen) atoms. The van der Waals surface area contributed by atoms with E-state index in [4.69, 9.17) is 9.47 Å². The Morgan fingerprint density at radius 1 is 1.06 bits per heavy atom. The van der Waals surface area contributed by atoms with Crippen molar-refractivity contribution in [2.24, 2.45) is 0 Å². The lowest BCUT2D eigenvalue weighted by atomic mass is 10.2. The van der Waals surface area contributed by atoms with Crippen LogP contribution in [0.4, 0.5) is 16.5 Å². The Hall–Kier alpha value is -3.15. The van der Waals surface area contributed by atoms with Gasteiger partial charge in [0.05, 0.1) is 24.7 Å². The van der Waals surface area contributed by atoms with Crippen LogP contribution >= 0.6 is 23.1 Å². The molecule has 174 valence electrons. The number of hydrogen-bond acceptors (Lipinski definition) is 9. The van der Waals surface area contributed by atoms with Crippen LogP contribution in [0, 0.1) is 0 Å².